The molecule has 0 radical (unpaired) electrons. The molecule has 4 aromatic rings. The number of para-hydroxylation sites is 2. The van der Waals surface area contributed by atoms with Gasteiger partial charge in [-0.2, -0.15) is 0 Å². The highest BCUT2D eigenvalue weighted by Crippen LogP contribution is 2.38. The van der Waals surface area contributed by atoms with E-state index in [4.69, 9.17) is 28.7 Å². The van der Waals surface area contributed by atoms with Crippen LogP contribution < -0.4 is 29.0 Å². The third-order valence-corrected chi connectivity index (χ3v) is 6.25. The van der Waals surface area contributed by atoms with Crippen LogP contribution in [-0.2, 0) is 19.5 Å². The van der Waals surface area contributed by atoms with Crippen molar-refractivity contribution < 1.29 is 28.5 Å². The average Bonchev–Trinajstić information content (AvgIpc) is 3.32. The number of aromatic nitrogens is 2. The van der Waals surface area contributed by atoms with Gasteiger partial charge in [-0.25, -0.2) is 4.98 Å². The summed E-state index contributed by atoms with van der Waals surface area (Å²) < 4.78 is 29.8. The number of nitrogens with one attached hydrogen (secondary N) is 1. The highest BCUT2D eigenvalue weighted by atomic mass is 16.5. The van der Waals surface area contributed by atoms with Crippen LogP contribution in [0.15, 0.2) is 67.3 Å². The van der Waals surface area contributed by atoms with E-state index in [1.807, 2.05) is 53.1 Å². The van der Waals surface area contributed by atoms with Gasteiger partial charge in [0, 0.05) is 5.56 Å². The molecule has 0 aliphatic heterocycles. The molecule has 1 amide bonds. The monoisotopic (exact) mass is 531 g/mol. The number of methoxy groups -OCH3 is 4. The lowest BCUT2D eigenvalue weighted by atomic mass is 10.1. The molecule has 0 fully saturated rings. The van der Waals surface area contributed by atoms with E-state index in [1.165, 1.54) is 21.3 Å². The fourth-order valence-electron chi connectivity index (χ4n) is 4.36. The van der Waals surface area contributed by atoms with Gasteiger partial charge in [0.05, 0.1) is 52.6 Å². The topological polar surface area (TPSA) is 93.1 Å². The van der Waals surface area contributed by atoms with E-state index in [9.17, 15) is 4.79 Å². The number of allylic oxidation sites excluding steroid dienone is 1. The summed E-state index contributed by atoms with van der Waals surface area (Å²) in [5.74, 6) is 2.96. The summed E-state index contributed by atoms with van der Waals surface area (Å²) in [6.45, 7) is 4.90. The Morgan fingerprint density at radius 1 is 0.923 bits per heavy atom. The van der Waals surface area contributed by atoms with Crippen LogP contribution in [0.1, 0.15) is 21.7 Å². The second-order valence-electron chi connectivity index (χ2n) is 8.59. The molecule has 9 heteroatoms. The maximum absolute atomic E-state index is 13.1. The Morgan fingerprint density at radius 3 is 2.31 bits per heavy atom. The van der Waals surface area contributed by atoms with Crippen molar-refractivity contribution in [3.63, 3.8) is 0 Å². The van der Waals surface area contributed by atoms with Crippen molar-refractivity contribution in [2.45, 2.75) is 19.5 Å². The molecule has 1 aromatic heterocycles. The molecule has 204 valence electrons. The zero-order valence-corrected chi connectivity index (χ0v) is 22.7. The van der Waals surface area contributed by atoms with E-state index in [-0.39, 0.29) is 12.5 Å². The number of amides is 1. The van der Waals surface area contributed by atoms with Gasteiger partial charge in [-0.05, 0) is 48.4 Å². The first-order chi connectivity index (χ1) is 19.0. The SMILES string of the molecule is C=CCc1ccc(OCCn2c(CNC(=O)c3cc(OC)c(OC)c(OC)c3)nc3ccccc32)c(OC)c1. The van der Waals surface area contributed by atoms with Crippen molar-refractivity contribution in [2.24, 2.45) is 0 Å². The Morgan fingerprint density at radius 2 is 1.64 bits per heavy atom. The zero-order valence-electron chi connectivity index (χ0n) is 22.7. The first kappa shape index (κ1) is 27.4. The number of carbonyl (C=O) groups is 1. The molecular formula is C30H33N3O6. The molecule has 0 bridgehead atoms. The molecule has 0 saturated heterocycles. The number of nitrogens with zero attached hydrogens (tertiary/aromatic N) is 2. The number of ether oxygens (including phenoxy) is 5. The third kappa shape index (κ3) is 6.09. The van der Waals surface area contributed by atoms with Gasteiger partial charge in [-0.15, -0.1) is 6.58 Å². The quantitative estimate of drug-likeness (QED) is 0.248. The van der Waals surface area contributed by atoms with Gasteiger partial charge in [0.1, 0.15) is 12.4 Å². The Kier molecular flexibility index (Phi) is 8.94. The maximum Gasteiger partial charge on any atom is 0.251 e. The van der Waals surface area contributed by atoms with Crippen LogP contribution in [0.3, 0.4) is 0 Å². The minimum absolute atomic E-state index is 0.212. The molecule has 4 rings (SSSR count). The van der Waals surface area contributed by atoms with Gasteiger partial charge in [0.15, 0.2) is 23.0 Å². The maximum atomic E-state index is 13.1. The van der Waals surface area contributed by atoms with Gasteiger partial charge in [-0.1, -0.05) is 24.3 Å². The zero-order chi connectivity index (χ0) is 27.8. The average molecular weight is 532 g/mol. The molecule has 0 spiro atoms. The van der Waals surface area contributed by atoms with Crippen LogP contribution in [0, 0.1) is 0 Å². The van der Waals surface area contributed by atoms with Crippen LogP contribution in [0.5, 0.6) is 28.7 Å². The molecule has 1 heterocycles. The van der Waals surface area contributed by atoms with Crippen molar-refractivity contribution in [2.75, 3.05) is 35.0 Å². The van der Waals surface area contributed by atoms with Gasteiger partial charge >= 0.3 is 0 Å². The molecule has 0 atom stereocenters. The molecule has 9 nitrogen and oxygen atoms in total. The normalized spacial score (nSPS) is 10.7. The van der Waals surface area contributed by atoms with E-state index < -0.39 is 0 Å². The number of hydrogen-bond donors (Lipinski definition) is 1. The van der Waals surface area contributed by atoms with Gasteiger partial charge < -0.3 is 33.6 Å². The molecule has 0 unspecified atom stereocenters. The summed E-state index contributed by atoms with van der Waals surface area (Å²) in [7, 11) is 6.16. The summed E-state index contributed by atoms with van der Waals surface area (Å²) in [6, 6.07) is 16.9. The summed E-state index contributed by atoms with van der Waals surface area (Å²) in [6.07, 6.45) is 2.60. The van der Waals surface area contributed by atoms with E-state index in [2.05, 4.69) is 11.9 Å². The number of fused-ring (bicyclic) bond motifs is 1. The number of imidazole rings is 1. The predicted octanol–water partition coefficient (Wildman–Crippen LogP) is 4.81. The minimum atomic E-state index is -0.298. The van der Waals surface area contributed by atoms with Crippen LogP contribution in [0.2, 0.25) is 0 Å². The van der Waals surface area contributed by atoms with E-state index in [1.54, 1.807) is 19.2 Å². The number of rotatable bonds is 13. The lowest BCUT2D eigenvalue weighted by molar-refractivity contribution is 0.0948. The second-order valence-corrected chi connectivity index (χ2v) is 8.59. The molecule has 0 saturated carbocycles. The highest BCUT2D eigenvalue weighted by molar-refractivity contribution is 5.95. The first-order valence-electron chi connectivity index (χ1n) is 12.5. The van der Waals surface area contributed by atoms with Crippen molar-refractivity contribution in [1.82, 2.24) is 14.9 Å². The second kappa shape index (κ2) is 12.7. The van der Waals surface area contributed by atoms with Crippen molar-refractivity contribution in [3.05, 3.63) is 84.2 Å². The molecule has 39 heavy (non-hydrogen) atoms. The first-order valence-corrected chi connectivity index (χ1v) is 12.5. The fraction of sp³-hybridized carbons (Fsp3) is 0.267. The Labute approximate surface area is 227 Å². The lowest BCUT2D eigenvalue weighted by Crippen LogP contribution is -2.25. The van der Waals surface area contributed by atoms with E-state index in [0.29, 0.717) is 53.3 Å². The molecule has 0 aliphatic rings. The van der Waals surface area contributed by atoms with Crippen molar-refractivity contribution in [3.8, 4) is 28.7 Å². The van der Waals surface area contributed by atoms with Crippen LogP contribution >= 0.6 is 0 Å². The standard InChI is InChI=1S/C30H33N3O6/c1-6-9-20-12-13-24(25(16-20)35-2)39-15-14-33-23-11-8-7-10-22(23)32-28(33)19-31-30(34)21-17-26(36-3)29(38-5)27(18-21)37-4/h6-8,10-13,16-18H,1,9,14-15,19H2,2-5H3,(H,31,34). The fourth-order valence-corrected chi connectivity index (χ4v) is 4.36. The number of benzene rings is 3. The number of hydrogen-bond acceptors (Lipinski definition) is 7. The Balaban J connectivity index is 1.51. The summed E-state index contributed by atoms with van der Waals surface area (Å²) in [5.41, 5.74) is 3.26. The predicted molar refractivity (Wildman–Crippen MR) is 149 cm³/mol. The molecule has 1 N–H and O–H groups in total. The van der Waals surface area contributed by atoms with Crippen LogP contribution in [0.25, 0.3) is 11.0 Å². The van der Waals surface area contributed by atoms with Crippen molar-refractivity contribution in [1.29, 1.82) is 0 Å². The van der Waals surface area contributed by atoms with Gasteiger partial charge in [-0.3, -0.25) is 4.79 Å². The Bertz CT molecular complexity index is 1440. The smallest absolute Gasteiger partial charge is 0.251 e. The third-order valence-electron chi connectivity index (χ3n) is 6.25. The van der Waals surface area contributed by atoms with Gasteiger partial charge in [0.2, 0.25) is 5.75 Å². The van der Waals surface area contributed by atoms with E-state index >= 15 is 0 Å². The van der Waals surface area contributed by atoms with Crippen LogP contribution in [-0.4, -0.2) is 50.5 Å². The molecular weight excluding hydrogens is 498 g/mol. The summed E-state index contributed by atoms with van der Waals surface area (Å²) in [4.78, 5) is 17.8. The highest BCUT2D eigenvalue weighted by Gasteiger charge is 2.18. The summed E-state index contributed by atoms with van der Waals surface area (Å²) >= 11 is 0. The number of carbonyl (C=O) groups excluding carboxylic acids is 1. The van der Waals surface area contributed by atoms with Gasteiger partial charge in [0.25, 0.3) is 5.91 Å². The van der Waals surface area contributed by atoms with Crippen LogP contribution in [0.4, 0.5) is 0 Å². The Hall–Kier alpha value is -4.66. The van der Waals surface area contributed by atoms with Crippen molar-refractivity contribution >= 4 is 16.9 Å². The molecule has 0 aliphatic carbocycles. The molecule has 3 aromatic carbocycles. The minimum Gasteiger partial charge on any atom is -0.493 e. The van der Waals surface area contributed by atoms with E-state index in [0.717, 1.165) is 23.0 Å². The largest absolute Gasteiger partial charge is 0.493 e. The lowest BCUT2D eigenvalue weighted by Gasteiger charge is -2.15. The summed E-state index contributed by atoms with van der Waals surface area (Å²) in [5, 5.41) is 2.96.